The van der Waals surface area contributed by atoms with Gasteiger partial charge in [0.1, 0.15) is 5.69 Å². The molecule has 1 aromatic heterocycles. The molecule has 0 aliphatic carbocycles. The number of ether oxygens (including phenoxy) is 2. The molecule has 1 N–H and O–H groups in total. The number of thiazole rings is 1. The highest BCUT2D eigenvalue weighted by Crippen LogP contribution is 2.32. The molecule has 0 radical (unpaired) electrons. The van der Waals surface area contributed by atoms with Crippen molar-refractivity contribution >= 4 is 16.5 Å². The third-order valence-electron chi connectivity index (χ3n) is 2.02. The van der Waals surface area contributed by atoms with Gasteiger partial charge in [-0.1, -0.05) is 0 Å². The number of nitrogens with zero attached hydrogens (tertiary/aromatic N) is 1. The summed E-state index contributed by atoms with van der Waals surface area (Å²) in [6.07, 6.45) is 0. The van der Waals surface area contributed by atoms with Crippen LogP contribution in [0.3, 0.4) is 0 Å². The molecule has 1 aliphatic heterocycles. The lowest BCUT2D eigenvalue weighted by Gasteiger charge is -2.19. The van der Waals surface area contributed by atoms with Crippen LogP contribution in [0.15, 0.2) is 5.38 Å². The van der Waals surface area contributed by atoms with Gasteiger partial charge in [0, 0.05) is 12.4 Å². The molecule has 2 rings (SSSR count). The number of rotatable bonds is 2. The van der Waals surface area contributed by atoms with E-state index in [9.17, 15) is 0 Å². The van der Waals surface area contributed by atoms with Crippen molar-refractivity contribution in [1.29, 1.82) is 0 Å². The van der Waals surface area contributed by atoms with Crippen LogP contribution in [0.5, 0.6) is 0 Å². The van der Waals surface area contributed by atoms with Gasteiger partial charge in [0.15, 0.2) is 5.13 Å². The summed E-state index contributed by atoms with van der Waals surface area (Å²) >= 11 is 1.55. The second kappa shape index (κ2) is 3.25. The zero-order chi connectivity index (χ0) is 9.31. The maximum Gasteiger partial charge on any atom is 0.210 e. The molecule has 5 heteroatoms. The summed E-state index contributed by atoms with van der Waals surface area (Å²) in [4.78, 5) is 4.34. The predicted molar refractivity (Wildman–Crippen MR) is 50.9 cm³/mol. The molecule has 1 saturated heterocycles. The van der Waals surface area contributed by atoms with Gasteiger partial charge in [-0.3, -0.25) is 0 Å². The number of hydrogen-bond acceptors (Lipinski definition) is 5. The summed E-state index contributed by atoms with van der Waals surface area (Å²) in [5.41, 5.74) is 0.847. The summed E-state index contributed by atoms with van der Waals surface area (Å²) in [7, 11) is 1.85. The Kier molecular flexibility index (Phi) is 2.23. The van der Waals surface area contributed by atoms with Crippen LogP contribution in [0, 0.1) is 0 Å². The van der Waals surface area contributed by atoms with Gasteiger partial charge in [-0.2, -0.15) is 0 Å². The average Bonchev–Trinajstić information content (AvgIpc) is 2.72. The van der Waals surface area contributed by atoms with E-state index in [0.717, 1.165) is 10.8 Å². The van der Waals surface area contributed by atoms with Crippen LogP contribution in [0.1, 0.15) is 12.6 Å². The Morgan fingerprint density at radius 1 is 1.54 bits per heavy atom. The molecule has 0 bridgehead atoms. The predicted octanol–water partition coefficient (Wildman–Crippen LogP) is 1.40. The summed E-state index contributed by atoms with van der Waals surface area (Å²) in [5.74, 6) is -0.633. The monoisotopic (exact) mass is 200 g/mol. The molecular weight excluding hydrogens is 188 g/mol. The molecular formula is C8H12N2O2S. The highest BCUT2D eigenvalue weighted by Gasteiger charge is 2.35. The van der Waals surface area contributed by atoms with Gasteiger partial charge in [-0.05, 0) is 6.92 Å². The van der Waals surface area contributed by atoms with Crippen molar-refractivity contribution in [3.8, 4) is 0 Å². The van der Waals surface area contributed by atoms with E-state index in [2.05, 4.69) is 10.3 Å². The highest BCUT2D eigenvalue weighted by atomic mass is 32.1. The van der Waals surface area contributed by atoms with Crippen molar-refractivity contribution in [2.24, 2.45) is 0 Å². The van der Waals surface area contributed by atoms with Crippen molar-refractivity contribution in [2.75, 3.05) is 25.6 Å². The lowest BCUT2D eigenvalue weighted by molar-refractivity contribution is -0.152. The lowest BCUT2D eigenvalue weighted by Crippen LogP contribution is -2.22. The standard InChI is InChI=1S/C8H12N2O2S/c1-8(11-3-4-12-8)6-5-13-7(9-2)10-6/h5H,3-4H2,1-2H3,(H,9,10). The van der Waals surface area contributed by atoms with Gasteiger partial charge < -0.3 is 14.8 Å². The van der Waals surface area contributed by atoms with E-state index in [-0.39, 0.29) is 0 Å². The summed E-state index contributed by atoms with van der Waals surface area (Å²) in [6.45, 7) is 3.18. The topological polar surface area (TPSA) is 43.4 Å². The van der Waals surface area contributed by atoms with Crippen LogP contribution in [-0.2, 0) is 15.3 Å². The Balaban J connectivity index is 2.23. The minimum atomic E-state index is -0.633. The molecule has 13 heavy (non-hydrogen) atoms. The van der Waals surface area contributed by atoms with E-state index in [1.807, 2.05) is 19.4 Å². The first kappa shape index (κ1) is 8.93. The molecule has 4 nitrogen and oxygen atoms in total. The van der Waals surface area contributed by atoms with Gasteiger partial charge in [0.2, 0.25) is 5.79 Å². The smallest absolute Gasteiger partial charge is 0.210 e. The van der Waals surface area contributed by atoms with Crippen LogP contribution in [-0.4, -0.2) is 25.2 Å². The van der Waals surface area contributed by atoms with Crippen LogP contribution in [0.4, 0.5) is 5.13 Å². The fourth-order valence-corrected chi connectivity index (χ4v) is 2.02. The first-order valence-electron chi connectivity index (χ1n) is 4.16. The Labute approximate surface area is 80.9 Å². The quantitative estimate of drug-likeness (QED) is 0.783. The number of nitrogens with one attached hydrogen (secondary N) is 1. The van der Waals surface area contributed by atoms with E-state index >= 15 is 0 Å². The number of aromatic nitrogens is 1. The van der Waals surface area contributed by atoms with E-state index in [0.29, 0.717) is 13.2 Å². The molecule has 1 aromatic rings. The molecule has 0 amide bonds. The van der Waals surface area contributed by atoms with E-state index in [1.54, 1.807) is 11.3 Å². The zero-order valence-electron chi connectivity index (χ0n) is 7.66. The van der Waals surface area contributed by atoms with Crippen molar-refractivity contribution < 1.29 is 9.47 Å². The van der Waals surface area contributed by atoms with Crippen LogP contribution in [0.2, 0.25) is 0 Å². The largest absolute Gasteiger partial charge is 0.365 e. The Morgan fingerprint density at radius 2 is 2.23 bits per heavy atom. The zero-order valence-corrected chi connectivity index (χ0v) is 8.48. The molecule has 1 fully saturated rings. The molecule has 1 aliphatic rings. The lowest BCUT2D eigenvalue weighted by atomic mass is 10.2. The molecule has 0 aromatic carbocycles. The van der Waals surface area contributed by atoms with Crippen molar-refractivity contribution in [3.63, 3.8) is 0 Å². The number of anilines is 1. The first-order valence-corrected chi connectivity index (χ1v) is 5.04. The Bertz CT molecular complexity index is 294. The Hall–Kier alpha value is -0.650. The number of hydrogen-bond donors (Lipinski definition) is 1. The highest BCUT2D eigenvalue weighted by molar-refractivity contribution is 7.13. The van der Waals surface area contributed by atoms with Crippen molar-refractivity contribution in [3.05, 3.63) is 11.1 Å². The van der Waals surface area contributed by atoms with Gasteiger partial charge in [0.05, 0.1) is 13.2 Å². The third kappa shape index (κ3) is 1.54. The molecule has 2 heterocycles. The van der Waals surface area contributed by atoms with Crippen LogP contribution >= 0.6 is 11.3 Å². The van der Waals surface area contributed by atoms with E-state index in [1.165, 1.54) is 0 Å². The maximum absolute atomic E-state index is 5.48. The molecule has 72 valence electrons. The second-order valence-corrected chi connectivity index (χ2v) is 3.79. The summed E-state index contributed by atoms with van der Waals surface area (Å²) in [5, 5.41) is 5.82. The van der Waals surface area contributed by atoms with E-state index in [4.69, 9.17) is 9.47 Å². The fourth-order valence-electron chi connectivity index (χ4n) is 1.26. The van der Waals surface area contributed by atoms with Gasteiger partial charge in [0.25, 0.3) is 0 Å². The second-order valence-electron chi connectivity index (χ2n) is 2.93. The van der Waals surface area contributed by atoms with Crippen molar-refractivity contribution in [1.82, 2.24) is 4.98 Å². The maximum atomic E-state index is 5.48. The minimum absolute atomic E-state index is 0.633. The fraction of sp³-hybridized carbons (Fsp3) is 0.625. The summed E-state index contributed by atoms with van der Waals surface area (Å²) in [6, 6.07) is 0. The van der Waals surface area contributed by atoms with Crippen LogP contribution < -0.4 is 5.32 Å². The summed E-state index contributed by atoms with van der Waals surface area (Å²) < 4.78 is 11.0. The molecule has 0 atom stereocenters. The molecule has 0 unspecified atom stereocenters. The first-order chi connectivity index (χ1) is 6.24. The third-order valence-corrected chi connectivity index (χ3v) is 2.88. The Morgan fingerprint density at radius 3 is 2.77 bits per heavy atom. The molecule has 0 saturated carbocycles. The normalized spacial score (nSPS) is 20.5. The minimum Gasteiger partial charge on any atom is -0.365 e. The van der Waals surface area contributed by atoms with Crippen LogP contribution in [0.25, 0.3) is 0 Å². The SMILES string of the molecule is CNc1nc(C2(C)OCCO2)cs1. The molecule has 0 spiro atoms. The average molecular weight is 200 g/mol. The van der Waals surface area contributed by atoms with Gasteiger partial charge >= 0.3 is 0 Å². The van der Waals surface area contributed by atoms with Gasteiger partial charge in [-0.15, -0.1) is 11.3 Å². The van der Waals surface area contributed by atoms with Crippen molar-refractivity contribution in [2.45, 2.75) is 12.7 Å². The van der Waals surface area contributed by atoms with E-state index < -0.39 is 5.79 Å². The van der Waals surface area contributed by atoms with Gasteiger partial charge in [-0.25, -0.2) is 4.98 Å².